The fraction of sp³-hybridized carbons (Fsp3) is 0.316. The number of fused-ring (bicyclic) bond motifs is 1. The van der Waals surface area contributed by atoms with Crippen LogP contribution in [0.15, 0.2) is 47.4 Å². The van der Waals surface area contributed by atoms with Crippen LogP contribution >= 0.6 is 0 Å². The molecule has 0 fully saturated rings. The Morgan fingerprint density at radius 3 is 2.81 bits per heavy atom. The molecule has 27 heavy (non-hydrogen) atoms. The second-order valence-corrected chi connectivity index (χ2v) is 7.91. The zero-order valence-corrected chi connectivity index (χ0v) is 16.1. The number of benzene rings is 2. The van der Waals surface area contributed by atoms with Crippen molar-refractivity contribution in [3.63, 3.8) is 0 Å². The molecule has 0 bridgehead atoms. The van der Waals surface area contributed by atoms with E-state index in [-0.39, 0.29) is 17.3 Å². The lowest BCUT2D eigenvalue weighted by atomic mass is 10.1. The molecule has 8 heteroatoms. The van der Waals surface area contributed by atoms with Crippen LogP contribution in [0.1, 0.15) is 12.5 Å². The molecule has 1 aliphatic rings. The molecule has 1 heterocycles. The van der Waals surface area contributed by atoms with Crippen molar-refractivity contribution in [1.29, 1.82) is 0 Å². The highest BCUT2D eigenvalue weighted by Gasteiger charge is 2.24. The van der Waals surface area contributed by atoms with Crippen molar-refractivity contribution in [3.05, 3.63) is 48.0 Å². The average Bonchev–Trinajstić information content (AvgIpc) is 2.67. The number of carbonyl (C=O) groups excluding carboxylic acids is 1. The van der Waals surface area contributed by atoms with Crippen molar-refractivity contribution in [2.45, 2.75) is 18.2 Å². The number of rotatable bonds is 6. The average molecular weight is 390 g/mol. The van der Waals surface area contributed by atoms with Gasteiger partial charge in [-0.15, -0.1) is 0 Å². The van der Waals surface area contributed by atoms with Gasteiger partial charge in [-0.05, 0) is 42.3 Å². The molecule has 2 aromatic rings. The molecule has 7 nitrogen and oxygen atoms in total. The molecule has 0 spiro atoms. The van der Waals surface area contributed by atoms with Crippen molar-refractivity contribution in [1.82, 2.24) is 4.72 Å². The minimum Gasteiger partial charge on any atom is -0.497 e. The molecule has 3 rings (SSSR count). The van der Waals surface area contributed by atoms with Crippen molar-refractivity contribution in [2.75, 3.05) is 31.7 Å². The highest BCUT2D eigenvalue weighted by molar-refractivity contribution is 7.89. The maximum atomic E-state index is 12.6. The summed E-state index contributed by atoms with van der Waals surface area (Å²) in [6, 6.07) is 12.0. The molecule has 1 amide bonds. The van der Waals surface area contributed by atoms with E-state index in [0.29, 0.717) is 31.0 Å². The Morgan fingerprint density at radius 1 is 1.26 bits per heavy atom. The second kappa shape index (κ2) is 7.98. The van der Waals surface area contributed by atoms with Crippen LogP contribution in [0.5, 0.6) is 11.5 Å². The topological polar surface area (TPSA) is 84.9 Å². The summed E-state index contributed by atoms with van der Waals surface area (Å²) in [7, 11) is -2.11. The van der Waals surface area contributed by atoms with Gasteiger partial charge in [0.15, 0.2) is 0 Å². The van der Waals surface area contributed by atoms with Crippen LogP contribution in [-0.2, 0) is 21.2 Å². The lowest BCUT2D eigenvalue weighted by Crippen LogP contribution is -2.36. The Hall–Kier alpha value is -2.58. The first-order chi connectivity index (χ1) is 12.9. The van der Waals surface area contributed by atoms with E-state index in [0.717, 1.165) is 11.3 Å². The summed E-state index contributed by atoms with van der Waals surface area (Å²) >= 11 is 0. The van der Waals surface area contributed by atoms with E-state index < -0.39 is 10.0 Å². The summed E-state index contributed by atoms with van der Waals surface area (Å²) in [5.74, 6) is 1.08. The Bertz CT molecular complexity index is 943. The fourth-order valence-electron chi connectivity index (χ4n) is 2.93. The molecule has 0 aliphatic carbocycles. The number of nitrogens with one attached hydrogen (secondary N) is 1. The maximum absolute atomic E-state index is 12.6. The molecule has 0 unspecified atom stereocenters. The third kappa shape index (κ3) is 4.40. The Balaban J connectivity index is 1.73. The van der Waals surface area contributed by atoms with Crippen LogP contribution in [0, 0.1) is 0 Å². The highest BCUT2D eigenvalue weighted by atomic mass is 32.2. The number of methoxy groups -OCH3 is 1. The number of ether oxygens (including phenoxy) is 2. The SMILES string of the molecule is COc1cccc(CCNS(=O)(=O)c2ccc3c(c2)N(C(C)=O)CCO3)c1. The van der Waals surface area contributed by atoms with Gasteiger partial charge in [0, 0.05) is 13.5 Å². The third-order valence-electron chi connectivity index (χ3n) is 4.32. The van der Waals surface area contributed by atoms with E-state index in [1.165, 1.54) is 24.0 Å². The number of sulfonamides is 1. The number of nitrogens with zero attached hydrogens (tertiary/aromatic N) is 1. The van der Waals surface area contributed by atoms with E-state index in [9.17, 15) is 13.2 Å². The van der Waals surface area contributed by atoms with Gasteiger partial charge in [-0.25, -0.2) is 13.1 Å². The third-order valence-corrected chi connectivity index (χ3v) is 5.78. The van der Waals surface area contributed by atoms with E-state index in [1.54, 1.807) is 13.2 Å². The van der Waals surface area contributed by atoms with Crippen LogP contribution in [0.2, 0.25) is 0 Å². The summed E-state index contributed by atoms with van der Waals surface area (Å²) in [4.78, 5) is 13.4. The van der Waals surface area contributed by atoms with Crippen molar-refractivity contribution in [3.8, 4) is 11.5 Å². The molecule has 0 atom stereocenters. The van der Waals surface area contributed by atoms with Gasteiger partial charge in [-0.1, -0.05) is 12.1 Å². The molecular weight excluding hydrogens is 368 g/mol. The molecule has 144 valence electrons. The summed E-state index contributed by atoms with van der Waals surface area (Å²) in [6.45, 7) is 2.48. The van der Waals surface area contributed by atoms with Crippen LogP contribution in [0.3, 0.4) is 0 Å². The maximum Gasteiger partial charge on any atom is 0.240 e. The predicted octanol–water partition coefficient (Wildman–Crippen LogP) is 1.96. The quantitative estimate of drug-likeness (QED) is 0.815. The summed E-state index contributed by atoms with van der Waals surface area (Å²) < 4.78 is 38.5. The standard InChI is InChI=1S/C19H22N2O5S/c1-14(22)21-10-11-26-19-7-6-17(13-18(19)21)27(23,24)20-9-8-15-4-3-5-16(12-15)25-2/h3-7,12-13,20H,8-11H2,1-2H3. The molecule has 0 saturated carbocycles. The van der Waals surface area contributed by atoms with Gasteiger partial charge in [0.05, 0.1) is 24.2 Å². The normalized spacial score (nSPS) is 13.6. The number of amides is 1. The summed E-state index contributed by atoms with van der Waals surface area (Å²) in [5, 5.41) is 0. The van der Waals surface area contributed by atoms with Crippen LogP contribution in [0.4, 0.5) is 5.69 Å². The van der Waals surface area contributed by atoms with E-state index >= 15 is 0 Å². The summed E-state index contributed by atoms with van der Waals surface area (Å²) in [6.07, 6.45) is 0.532. The first-order valence-electron chi connectivity index (χ1n) is 8.58. The molecule has 0 saturated heterocycles. The lowest BCUT2D eigenvalue weighted by molar-refractivity contribution is -0.116. The van der Waals surface area contributed by atoms with Gasteiger partial charge >= 0.3 is 0 Å². The molecule has 0 radical (unpaired) electrons. The molecule has 1 aliphatic heterocycles. The molecule has 0 aromatic heterocycles. The predicted molar refractivity (Wildman–Crippen MR) is 102 cm³/mol. The zero-order chi connectivity index (χ0) is 19.4. The van der Waals surface area contributed by atoms with Crippen LogP contribution < -0.4 is 19.1 Å². The first-order valence-corrected chi connectivity index (χ1v) is 10.1. The van der Waals surface area contributed by atoms with Crippen LogP contribution in [-0.4, -0.2) is 41.1 Å². The monoisotopic (exact) mass is 390 g/mol. The first kappa shape index (κ1) is 19.2. The Morgan fingerprint density at radius 2 is 2.07 bits per heavy atom. The Kier molecular flexibility index (Phi) is 5.67. The molecule has 2 aromatic carbocycles. The van der Waals surface area contributed by atoms with Gasteiger partial charge in [-0.3, -0.25) is 4.79 Å². The number of hydrogen-bond acceptors (Lipinski definition) is 5. The number of hydrogen-bond donors (Lipinski definition) is 1. The van der Waals surface area contributed by atoms with Crippen molar-refractivity contribution >= 4 is 21.6 Å². The Labute approximate surface area is 158 Å². The number of carbonyl (C=O) groups is 1. The van der Waals surface area contributed by atoms with Gasteiger partial charge in [-0.2, -0.15) is 0 Å². The second-order valence-electron chi connectivity index (χ2n) is 6.15. The largest absolute Gasteiger partial charge is 0.497 e. The molecule has 1 N–H and O–H groups in total. The van der Waals surface area contributed by atoms with Crippen LogP contribution in [0.25, 0.3) is 0 Å². The van der Waals surface area contributed by atoms with Crippen molar-refractivity contribution < 1.29 is 22.7 Å². The number of anilines is 1. The van der Waals surface area contributed by atoms with E-state index in [4.69, 9.17) is 9.47 Å². The summed E-state index contributed by atoms with van der Waals surface area (Å²) in [5.41, 5.74) is 1.45. The van der Waals surface area contributed by atoms with Gasteiger partial charge < -0.3 is 14.4 Å². The minimum atomic E-state index is -3.70. The van der Waals surface area contributed by atoms with Gasteiger partial charge in [0.1, 0.15) is 18.1 Å². The highest BCUT2D eigenvalue weighted by Crippen LogP contribution is 2.33. The smallest absolute Gasteiger partial charge is 0.240 e. The van der Waals surface area contributed by atoms with E-state index in [1.807, 2.05) is 24.3 Å². The van der Waals surface area contributed by atoms with E-state index in [2.05, 4.69) is 4.72 Å². The van der Waals surface area contributed by atoms with Gasteiger partial charge in [0.25, 0.3) is 0 Å². The van der Waals surface area contributed by atoms with Crippen molar-refractivity contribution in [2.24, 2.45) is 0 Å². The fourth-order valence-corrected chi connectivity index (χ4v) is 3.98. The zero-order valence-electron chi connectivity index (χ0n) is 15.3. The lowest BCUT2D eigenvalue weighted by Gasteiger charge is -2.29. The minimum absolute atomic E-state index is 0.101. The molecular formula is C19H22N2O5S. The van der Waals surface area contributed by atoms with Gasteiger partial charge in [0.2, 0.25) is 15.9 Å².